The number of hydrogen-bond donors (Lipinski definition) is 1. The molecule has 2 fully saturated rings. The van der Waals surface area contributed by atoms with E-state index >= 15 is 0 Å². The number of rotatable bonds is 15. The molecular weight excluding hydrogens is 684 g/mol. The van der Waals surface area contributed by atoms with E-state index in [-0.39, 0.29) is 12.7 Å². The Bertz CT molecular complexity index is 1950. The Morgan fingerprint density at radius 1 is 0.962 bits per heavy atom. The van der Waals surface area contributed by atoms with E-state index in [1.807, 2.05) is 12.1 Å². The van der Waals surface area contributed by atoms with E-state index in [9.17, 15) is 10.1 Å². The third kappa shape index (κ3) is 9.21. The molecule has 0 spiro atoms. The van der Waals surface area contributed by atoms with Crippen molar-refractivity contribution in [2.75, 3.05) is 32.8 Å². The zero-order valence-corrected chi connectivity index (χ0v) is 31.4. The van der Waals surface area contributed by atoms with Gasteiger partial charge in [0.1, 0.15) is 41.8 Å². The number of likely N-dealkylation sites (tertiary alicyclic amines) is 1. The Hall–Kier alpha value is -4.42. The van der Waals surface area contributed by atoms with Crippen LogP contribution in [0.5, 0.6) is 17.2 Å². The highest BCUT2D eigenvalue weighted by atomic mass is 35.5. The van der Waals surface area contributed by atoms with E-state index in [4.69, 9.17) is 25.8 Å². The van der Waals surface area contributed by atoms with Gasteiger partial charge in [0.2, 0.25) is 0 Å². The quantitative estimate of drug-likeness (QED) is 0.121. The molecule has 1 N–H and O–H groups in total. The topological polar surface area (TPSA) is 96.7 Å². The van der Waals surface area contributed by atoms with Gasteiger partial charge in [-0.15, -0.1) is 0 Å². The van der Waals surface area contributed by atoms with Crippen LogP contribution in [0.25, 0.3) is 11.1 Å². The summed E-state index contributed by atoms with van der Waals surface area (Å²) in [6.07, 6.45) is 12.0. The number of carbonyl (C=O) groups is 1. The maximum Gasteiger partial charge on any atom is 0.142 e. The molecule has 0 unspecified atom stereocenters. The summed E-state index contributed by atoms with van der Waals surface area (Å²) < 4.78 is 19.4. The number of nitrogens with one attached hydrogen (secondary N) is 1. The second-order valence-corrected chi connectivity index (χ2v) is 15.1. The van der Waals surface area contributed by atoms with Crippen LogP contribution >= 0.6 is 11.6 Å². The number of pyridine rings is 1. The number of nitrogens with zero attached hydrogens (tertiary/aromatic N) is 3. The van der Waals surface area contributed by atoms with Crippen molar-refractivity contribution in [2.45, 2.75) is 84.0 Å². The predicted molar refractivity (Wildman–Crippen MR) is 207 cm³/mol. The third-order valence-electron chi connectivity index (χ3n) is 10.9. The summed E-state index contributed by atoms with van der Waals surface area (Å²) in [7, 11) is 0. The molecule has 1 aromatic heterocycles. The standard InChI is InChI=1S/C44H49ClN4O4/c1-30-36(8-6-11-41(30)51-19-7-18-49-16-3-2-4-17-49)37-9-5-10-39-38(37)14-15-42(39)53-44-23-43(52-29-33-20-32(24-46)26-47-27-33)34(22-40(44)45)28-48-25-31-12-13-35(50)21-31/h5-6,8-11,20,22-23,26-27,31,42,48H,2-4,7,12-19,21,25,28-29H2,1H3/t31-,42+/m1/s1. The second kappa shape index (κ2) is 17.6. The van der Waals surface area contributed by atoms with Gasteiger partial charge in [0.25, 0.3) is 0 Å². The van der Waals surface area contributed by atoms with Gasteiger partial charge in [0.05, 0.1) is 17.2 Å². The van der Waals surface area contributed by atoms with E-state index in [0.29, 0.717) is 53.2 Å². The molecule has 9 heteroatoms. The van der Waals surface area contributed by atoms with E-state index in [1.165, 1.54) is 60.8 Å². The molecule has 276 valence electrons. The van der Waals surface area contributed by atoms with Gasteiger partial charge >= 0.3 is 0 Å². The molecule has 2 heterocycles. The van der Waals surface area contributed by atoms with Gasteiger partial charge < -0.3 is 24.4 Å². The second-order valence-electron chi connectivity index (χ2n) is 14.7. The number of ether oxygens (including phenoxy) is 3. The van der Waals surface area contributed by atoms with Crippen molar-refractivity contribution in [3.05, 3.63) is 105 Å². The van der Waals surface area contributed by atoms with Crippen LogP contribution in [-0.2, 0) is 24.4 Å². The molecule has 7 rings (SSSR count). The first-order chi connectivity index (χ1) is 25.9. The van der Waals surface area contributed by atoms with Crippen LogP contribution in [0, 0.1) is 24.2 Å². The first-order valence-corrected chi connectivity index (χ1v) is 19.6. The number of carbonyl (C=O) groups excluding carboxylic acids is 1. The zero-order valence-electron chi connectivity index (χ0n) is 30.7. The lowest BCUT2D eigenvalue weighted by Crippen LogP contribution is -2.31. The number of nitriles is 1. The average Bonchev–Trinajstić information content (AvgIpc) is 3.80. The molecule has 1 saturated carbocycles. The first-order valence-electron chi connectivity index (χ1n) is 19.2. The molecule has 0 amide bonds. The van der Waals surface area contributed by atoms with E-state index in [2.05, 4.69) is 64.6 Å². The molecule has 2 atom stereocenters. The SMILES string of the molecule is Cc1c(OCCCN2CCCCC2)cccc1-c1cccc2c1CC[C@@H]2Oc1cc(OCc2cncc(C#N)c2)c(CNC[C@@H]2CCC(=O)C2)cc1Cl. The lowest BCUT2D eigenvalue weighted by Gasteiger charge is -2.26. The van der Waals surface area contributed by atoms with Crippen molar-refractivity contribution in [3.63, 3.8) is 0 Å². The summed E-state index contributed by atoms with van der Waals surface area (Å²) in [5, 5.41) is 13.4. The van der Waals surface area contributed by atoms with Gasteiger partial charge in [-0.25, -0.2) is 0 Å². The van der Waals surface area contributed by atoms with Gasteiger partial charge in [0.15, 0.2) is 0 Å². The number of fused-ring (bicyclic) bond motifs is 1. The van der Waals surface area contributed by atoms with Crippen molar-refractivity contribution in [2.24, 2.45) is 5.92 Å². The van der Waals surface area contributed by atoms with Crippen LogP contribution < -0.4 is 19.5 Å². The van der Waals surface area contributed by atoms with Gasteiger partial charge in [0, 0.05) is 55.5 Å². The number of benzene rings is 3. The van der Waals surface area contributed by atoms with Crippen molar-refractivity contribution < 1.29 is 19.0 Å². The van der Waals surface area contributed by atoms with Crippen LogP contribution in [0.1, 0.15) is 90.9 Å². The van der Waals surface area contributed by atoms with Crippen molar-refractivity contribution >= 4 is 17.4 Å². The van der Waals surface area contributed by atoms with Gasteiger partial charge in [-0.2, -0.15) is 5.26 Å². The highest BCUT2D eigenvalue weighted by Crippen LogP contribution is 2.44. The number of halogens is 1. The Labute approximate surface area is 318 Å². The monoisotopic (exact) mass is 732 g/mol. The molecule has 0 bridgehead atoms. The first kappa shape index (κ1) is 36.9. The van der Waals surface area contributed by atoms with E-state index in [1.54, 1.807) is 12.3 Å². The maximum atomic E-state index is 11.8. The normalized spacial score (nSPS) is 18.5. The highest BCUT2D eigenvalue weighted by molar-refractivity contribution is 6.32. The Morgan fingerprint density at radius 2 is 1.81 bits per heavy atom. The fourth-order valence-corrected chi connectivity index (χ4v) is 8.29. The minimum Gasteiger partial charge on any atom is -0.493 e. The molecule has 53 heavy (non-hydrogen) atoms. The van der Waals surface area contributed by atoms with Crippen LogP contribution in [-0.4, -0.2) is 48.5 Å². The summed E-state index contributed by atoms with van der Waals surface area (Å²) >= 11 is 6.93. The fourth-order valence-electron chi connectivity index (χ4n) is 8.06. The summed E-state index contributed by atoms with van der Waals surface area (Å²) in [6.45, 7) is 7.93. The summed E-state index contributed by atoms with van der Waals surface area (Å²) in [5.74, 6) is 2.85. The number of ketones is 1. The van der Waals surface area contributed by atoms with Crippen LogP contribution in [0.3, 0.4) is 0 Å². The zero-order chi connectivity index (χ0) is 36.6. The largest absolute Gasteiger partial charge is 0.493 e. The van der Waals surface area contributed by atoms with E-state index in [0.717, 1.165) is 67.8 Å². The molecule has 4 aromatic rings. The molecule has 3 aliphatic rings. The predicted octanol–water partition coefficient (Wildman–Crippen LogP) is 8.94. The van der Waals surface area contributed by atoms with Crippen LogP contribution in [0.4, 0.5) is 0 Å². The summed E-state index contributed by atoms with van der Waals surface area (Å²) in [5.41, 5.74) is 8.22. The fraction of sp³-hybridized carbons (Fsp3) is 0.432. The van der Waals surface area contributed by atoms with Gasteiger partial charge in [-0.3, -0.25) is 9.78 Å². The number of Topliss-reactive ketones (excluding diaryl/α,β-unsaturated/α-hetero) is 1. The lowest BCUT2D eigenvalue weighted by molar-refractivity contribution is -0.117. The molecule has 8 nitrogen and oxygen atoms in total. The van der Waals surface area contributed by atoms with Crippen molar-refractivity contribution in [1.82, 2.24) is 15.2 Å². The molecule has 2 aliphatic carbocycles. The average molecular weight is 733 g/mol. The smallest absolute Gasteiger partial charge is 0.142 e. The van der Waals surface area contributed by atoms with Crippen LogP contribution in [0.15, 0.2) is 67.0 Å². The molecule has 1 aliphatic heterocycles. The summed E-state index contributed by atoms with van der Waals surface area (Å²) in [6, 6.07) is 20.6. The summed E-state index contributed by atoms with van der Waals surface area (Å²) in [4.78, 5) is 18.6. The Morgan fingerprint density at radius 3 is 2.64 bits per heavy atom. The maximum absolute atomic E-state index is 11.8. The highest BCUT2D eigenvalue weighted by Gasteiger charge is 2.29. The molecule has 1 saturated heterocycles. The Kier molecular flexibility index (Phi) is 12.3. The van der Waals surface area contributed by atoms with Crippen molar-refractivity contribution in [3.8, 4) is 34.4 Å². The van der Waals surface area contributed by atoms with Gasteiger partial charge in [-0.05, 0) is 117 Å². The minimum absolute atomic E-state index is 0.162. The van der Waals surface area contributed by atoms with Crippen LogP contribution in [0.2, 0.25) is 5.02 Å². The number of piperidine rings is 1. The minimum atomic E-state index is -0.162. The lowest BCUT2D eigenvalue weighted by atomic mass is 9.93. The van der Waals surface area contributed by atoms with E-state index < -0.39 is 0 Å². The third-order valence-corrected chi connectivity index (χ3v) is 11.2. The molecule has 3 aromatic carbocycles. The number of aromatic nitrogens is 1. The molecular formula is C44H49ClN4O4. The number of hydrogen-bond acceptors (Lipinski definition) is 8. The molecule has 0 radical (unpaired) electrons. The van der Waals surface area contributed by atoms with Gasteiger partial charge in [-0.1, -0.05) is 48.4 Å². The van der Waals surface area contributed by atoms with Crippen molar-refractivity contribution in [1.29, 1.82) is 5.26 Å². The Balaban J connectivity index is 1.06.